The maximum Gasteiger partial charge on any atom is 0.300 e. The number of amides is 1. The average Bonchev–Trinajstić information content (AvgIpc) is 3.09. The van der Waals surface area contributed by atoms with Crippen molar-refractivity contribution in [1.82, 2.24) is 0 Å². The summed E-state index contributed by atoms with van der Waals surface area (Å²) in [7, 11) is 3.04. The van der Waals surface area contributed by atoms with Crippen LogP contribution in [0.4, 0.5) is 5.69 Å². The van der Waals surface area contributed by atoms with E-state index in [4.69, 9.17) is 9.47 Å². The molecule has 1 amide bonds. The molecule has 0 spiro atoms. The molecule has 1 fully saturated rings. The number of aliphatic hydroxyl groups is 1. The summed E-state index contributed by atoms with van der Waals surface area (Å²) >= 11 is 0. The molecular weight excluding hydrogens is 394 g/mol. The van der Waals surface area contributed by atoms with Gasteiger partial charge in [0, 0.05) is 11.3 Å². The first-order chi connectivity index (χ1) is 15.1. The number of nitrogens with zero attached hydrogens (tertiary/aromatic N) is 1. The Bertz CT molecular complexity index is 1160. The second-order valence-corrected chi connectivity index (χ2v) is 6.99. The molecule has 4 rings (SSSR count). The van der Waals surface area contributed by atoms with Gasteiger partial charge in [-0.25, -0.2) is 0 Å². The Morgan fingerprint density at radius 2 is 1.45 bits per heavy atom. The van der Waals surface area contributed by atoms with Crippen LogP contribution in [-0.4, -0.2) is 31.0 Å². The van der Waals surface area contributed by atoms with E-state index in [-0.39, 0.29) is 11.3 Å². The van der Waals surface area contributed by atoms with E-state index < -0.39 is 17.7 Å². The Kier molecular flexibility index (Phi) is 5.45. The molecule has 0 unspecified atom stereocenters. The lowest BCUT2D eigenvalue weighted by Crippen LogP contribution is -2.29. The van der Waals surface area contributed by atoms with Crippen LogP contribution < -0.4 is 14.4 Å². The fourth-order valence-electron chi connectivity index (χ4n) is 3.78. The molecule has 0 radical (unpaired) electrons. The Morgan fingerprint density at radius 1 is 0.839 bits per heavy atom. The molecule has 1 aliphatic heterocycles. The number of benzene rings is 3. The standard InChI is InChI=1S/C25H21NO5/c1-30-19-14-13-17(15-20(19)31-2)22-21(23(27)16-9-5-3-6-10-16)24(28)25(29)26(22)18-11-7-4-8-12-18/h3-15,22,27H,1-2H3/t22-/m1/s1. The van der Waals surface area contributed by atoms with E-state index in [1.54, 1.807) is 66.7 Å². The number of carbonyl (C=O) groups excluding carboxylic acids is 2. The van der Waals surface area contributed by atoms with E-state index in [0.717, 1.165) is 0 Å². The van der Waals surface area contributed by atoms with Crippen molar-refractivity contribution < 1.29 is 24.2 Å². The van der Waals surface area contributed by atoms with E-state index in [1.807, 2.05) is 12.1 Å². The highest BCUT2D eigenvalue weighted by molar-refractivity contribution is 6.51. The summed E-state index contributed by atoms with van der Waals surface area (Å²) in [5.74, 6) is -0.699. The van der Waals surface area contributed by atoms with Crippen LogP contribution in [0.1, 0.15) is 17.2 Å². The molecular formula is C25H21NO5. The third-order valence-corrected chi connectivity index (χ3v) is 5.25. The highest BCUT2D eigenvalue weighted by Crippen LogP contribution is 2.43. The van der Waals surface area contributed by atoms with Gasteiger partial charge in [0.05, 0.1) is 25.8 Å². The summed E-state index contributed by atoms with van der Waals surface area (Å²) < 4.78 is 10.7. The van der Waals surface area contributed by atoms with E-state index in [0.29, 0.717) is 28.3 Å². The lowest BCUT2D eigenvalue weighted by atomic mass is 9.94. The Hall–Kier alpha value is -4.06. The number of anilines is 1. The molecule has 1 atom stereocenters. The molecule has 0 aliphatic carbocycles. The minimum Gasteiger partial charge on any atom is -0.507 e. The van der Waals surface area contributed by atoms with Crippen LogP contribution in [-0.2, 0) is 9.59 Å². The highest BCUT2D eigenvalue weighted by atomic mass is 16.5. The van der Waals surface area contributed by atoms with E-state index in [9.17, 15) is 14.7 Å². The van der Waals surface area contributed by atoms with Gasteiger partial charge < -0.3 is 14.6 Å². The van der Waals surface area contributed by atoms with Crippen molar-refractivity contribution in [3.63, 3.8) is 0 Å². The molecule has 0 saturated carbocycles. The minimum atomic E-state index is -0.831. The van der Waals surface area contributed by atoms with Crippen LogP contribution in [0.2, 0.25) is 0 Å². The smallest absolute Gasteiger partial charge is 0.300 e. The predicted octanol–water partition coefficient (Wildman–Crippen LogP) is 4.33. The molecule has 1 N–H and O–H groups in total. The maximum absolute atomic E-state index is 13.1. The molecule has 6 heteroatoms. The molecule has 31 heavy (non-hydrogen) atoms. The van der Waals surface area contributed by atoms with Crippen LogP contribution in [0.3, 0.4) is 0 Å². The average molecular weight is 415 g/mol. The van der Waals surface area contributed by atoms with E-state index >= 15 is 0 Å². The molecule has 3 aromatic carbocycles. The number of ketones is 1. The zero-order chi connectivity index (χ0) is 22.0. The van der Waals surface area contributed by atoms with Gasteiger partial charge in [-0.1, -0.05) is 54.6 Å². The number of hydrogen-bond acceptors (Lipinski definition) is 5. The monoisotopic (exact) mass is 415 g/mol. The minimum absolute atomic E-state index is 0.0206. The number of ether oxygens (including phenoxy) is 2. The lowest BCUT2D eigenvalue weighted by Gasteiger charge is -2.26. The number of hydrogen-bond donors (Lipinski definition) is 1. The zero-order valence-electron chi connectivity index (χ0n) is 17.1. The SMILES string of the molecule is COc1ccc([C@@H]2C(=C(O)c3ccccc3)C(=O)C(=O)N2c2ccccc2)cc1OC. The predicted molar refractivity (Wildman–Crippen MR) is 117 cm³/mol. The number of carbonyl (C=O) groups is 2. The van der Waals surface area contributed by atoms with Gasteiger partial charge in [0.15, 0.2) is 11.5 Å². The fraction of sp³-hybridized carbons (Fsp3) is 0.120. The number of para-hydroxylation sites is 1. The maximum atomic E-state index is 13.1. The summed E-state index contributed by atoms with van der Waals surface area (Å²) in [6, 6.07) is 22.0. The van der Waals surface area contributed by atoms with Crippen molar-refractivity contribution in [2.75, 3.05) is 19.1 Å². The van der Waals surface area contributed by atoms with Gasteiger partial charge in [-0.05, 0) is 29.8 Å². The Labute approximate surface area is 180 Å². The van der Waals surface area contributed by atoms with Crippen molar-refractivity contribution in [3.8, 4) is 11.5 Å². The molecule has 1 saturated heterocycles. The van der Waals surface area contributed by atoms with E-state index in [1.165, 1.54) is 19.1 Å². The number of aliphatic hydroxyl groups excluding tert-OH is 1. The zero-order valence-corrected chi connectivity index (χ0v) is 17.1. The molecule has 1 aliphatic rings. The number of methoxy groups -OCH3 is 2. The van der Waals surface area contributed by atoms with Crippen molar-refractivity contribution in [2.45, 2.75) is 6.04 Å². The first kappa shape index (κ1) is 20.2. The lowest BCUT2D eigenvalue weighted by molar-refractivity contribution is -0.132. The molecule has 0 aromatic heterocycles. The summed E-state index contributed by atoms with van der Waals surface area (Å²) in [5, 5.41) is 11.1. The number of rotatable bonds is 5. The number of Topliss-reactive ketones (excluding diaryl/α,β-unsaturated/α-hetero) is 1. The van der Waals surface area contributed by atoms with Gasteiger partial charge in [0.1, 0.15) is 5.76 Å². The van der Waals surface area contributed by atoms with Crippen LogP contribution in [0.5, 0.6) is 11.5 Å². The molecule has 0 bridgehead atoms. The molecule has 3 aromatic rings. The topological polar surface area (TPSA) is 76.1 Å². The largest absolute Gasteiger partial charge is 0.507 e. The second-order valence-electron chi connectivity index (χ2n) is 6.99. The van der Waals surface area contributed by atoms with Crippen molar-refractivity contribution in [3.05, 3.63) is 95.6 Å². The van der Waals surface area contributed by atoms with Crippen LogP contribution in [0, 0.1) is 0 Å². The first-order valence-electron chi connectivity index (χ1n) is 9.70. The summed E-state index contributed by atoms with van der Waals surface area (Å²) in [5.41, 5.74) is 1.64. The van der Waals surface area contributed by atoms with Crippen molar-refractivity contribution in [1.29, 1.82) is 0 Å². The molecule has 156 valence electrons. The fourth-order valence-corrected chi connectivity index (χ4v) is 3.78. The summed E-state index contributed by atoms with van der Waals surface area (Å²) in [4.78, 5) is 27.6. The second kappa shape index (κ2) is 8.36. The molecule has 1 heterocycles. The van der Waals surface area contributed by atoms with Crippen molar-refractivity contribution in [2.24, 2.45) is 0 Å². The van der Waals surface area contributed by atoms with Gasteiger partial charge in [-0.3, -0.25) is 14.5 Å². The van der Waals surface area contributed by atoms with Gasteiger partial charge in [-0.15, -0.1) is 0 Å². The first-order valence-corrected chi connectivity index (χ1v) is 9.70. The Morgan fingerprint density at radius 3 is 2.06 bits per heavy atom. The summed E-state index contributed by atoms with van der Waals surface area (Å²) in [6.07, 6.45) is 0. The van der Waals surface area contributed by atoms with Gasteiger partial charge in [-0.2, -0.15) is 0 Å². The van der Waals surface area contributed by atoms with Gasteiger partial charge >= 0.3 is 0 Å². The summed E-state index contributed by atoms with van der Waals surface area (Å²) in [6.45, 7) is 0. The van der Waals surface area contributed by atoms with Crippen LogP contribution in [0.15, 0.2) is 84.4 Å². The molecule has 6 nitrogen and oxygen atoms in total. The van der Waals surface area contributed by atoms with Crippen LogP contribution in [0.25, 0.3) is 5.76 Å². The van der Waals surface area contributed by atoms with Gasteiger partial charge in [0.2, 0.25) is 0 Å². The normalized spacial score (nSPS) is 17.6. The van der Waals surface area contributed by atoms with E-state index in [2.05, 4.69) is 0 Å². The van der Waals surface area contributed by atoms with Crippen molar-refractivity contribution >= 4 is 23.1 Å². The van der Waals surface area contributed by atoms with Crippen LogP contribution >= 0.6 is 0 Å². The third-order valence-electron chi connectivity index (χ3n) is 5.25. The highest BCUT2D eigenvalue weighted by Gasteiger charge is 2.47. The quantitative estimate of drug-likeness (QED) is 0.381. The Balaban J connectivity index is 1.96. The van der Waals surface area contributed by atoms with Gasteiger partial charge in [0.25, 0.3) is 11.7 Å². The third kappa shape index (κ3) is 3.53.